The SMILES string of the molecule is Cc1ccc(Br)cc1[C@H](N)C1CC1.Cl. The molecule has 0 radical (unpaired) electrons. The van der Waals surface area contributed by atoms with Crippen LogP contribution in [0.5, 0.6) is 0 Å². The van der Waals surface area contributed by atoms with Crippen molar-refractivity contribution in [2.45, 2.75) is 25.8 Å². The average Bonchev–Trinajstić information content (AvgIpc) is 2.91. The highest BCUT2D eigenvalue weighted by molar-refractivity contribution is 9.10. The van der Waals surface area contributed by atoms with Gasteiger partial charge in [-0.25, -0.2) is 0 Å². The van der Waals surface area contributed by atoms with Crippen molar-refractivity contribution in [2.75, 3.05) is 0 Å². The minimum absolute atomic E-state index is 0. The summed E-state index contributed by atoms with van der Waals surface area (Å²) < 4.78 is 1.13. The van der Waals surface area contributed by atoms with E-state index in [1.54, 1.807) is 0 Å². The van der Waals surface area contributed by atoms with E-state index >= 15 is 0 Å². The molecule has 3 heteroatoms. The van der Waals surface area contributed by atoms with Gasteiger partial charge in [-0.1, -0.05) is 22.0 Å². The fourth-order valence-corrected chi connectivity index (χ4v) is 2.06. The highest BCUT2D eigenvalue weighted by atomic mass is 79.9. The standard InChI is InChI=1S/C11H14BrN.ClH/c1-7-2-5-9(12)6-10(7)11(13)8-3-4-8;/h2,5-6,8,11H,3-4,13H2,1H3;1H/t11-;/m1./s1. The van der Waals surface area contributed by atoms with Crippen LogP contribution >= 0.6 is 28.3 Å². The van der Waals surface area contributed by atoms with Gasteiger partial charge in [0.2, 0.25) is 0 Å². The summed E-state index contributed by atoms with van der Waals surface area (Å²) in [4.78, 5) is 0. The lowest BCUT2D eigenvalue weighted by atomic mass is 9.99. The molecule has 1 aromatic rings. The number of halogens is 2. The van der Waals surface area contributed by atoms with Gasteiger partial charge in [0.05, 0.1) is 0 Å². The molecule has 78 valence electrons. The Balaban J connectivity index is 0.000000980. The molecule has 14 heavy (non-hydrogen) atoms. The first kappa shape index (κ1) is 12.0. The Morgan fingerprint density at radius 1 is 1.43 bits per heavy atom. The predicted octanol–water partition coefficient (Wildman–Crippen LogP) is 3.59. The Bertz CT molecular complexity index is 323. The summed E-state index contributed by atoms with van der Waals surface area (Å²) in [5.41, 5.74) is 8.76. The molecule has 0 heterocycles. The molecule has 1 fully saturated rings. The molecular formula is C11H15BrClN. The quantitative estimate of drug-likeness (QED) is 0.878. The summed E-state index contributed by atoms with van der Waals surface area (Å²) in [6, 6.07) is 6.59. The molecule has 0 saturated heterocycles. The van der Waals surface area contributed by atoms with Crippen molar-refractivity contribution >= 4 is 28.3 Å². The van der Waals surface area contributed by atoms with Crippen LogP contribution in [0.4, 0.5) is 0 Å². The van der Waals surface area contributed by atoms with Crippen LogP contribution in [0.25, 0.3) is 0 Å². The van der Waals surface area contributed by atoms with Gasteiger partial charge in [0.15, 0.2) is 0 Å². The Morgan fingerprint density at radius 3 is 2.64 bits per heavy atom. The third-order valence-corrected chi connectivity index (χ3v) is 3.22. The van der Waals surface area contributed by atoms with Crippen molar-refractivity contribution in [3.63, 3.8) is 0 Å². The van der Waals surface area contributed by atoms with Crippen molar-refractivity contribution < 1.29 is 0 Å². The van der Waals surface area contributed by atoms with Gasteiger partial charge < -0.3 is 5.73 Å². The van der Waals surface area contributed by atoms with Gasteiger partial charge in [-0.2, -0.15) is 0 Å². The summed E-state index contributed by atoms with van der Waals surface area (Å²) >= 11 is 3.48. The zero-order valence-corrected chi connectivity index (χ0v) is 10.6. The number of aryl methyl sites for hydroxylation is 1. The van der Waals surface area contributed by atoms with Crippen molar-refractivity contribution in [3.8, 4) is 0 Å². The molecule has 1 aliphatic rings. The van der Waals surface area contributed by atoms with E-state index in [1.807, 2.05) is 0 Å². The molecule has 1 nitrogen and oxygen atoms in total. The van der Waals surface area contributed by atoms with Gasteiger partial charge in [0.25, 0.3) is 0 Å². The molecule has 2 rings (SSSR count). The number of rotatable bonds is 2. The van der Waals surface area contributed by atoms with Crippen molar-refractivity contribution in [2.24, 2.45) is 11.7 Å². The number of nitrogens with two attached hydrogens (primary N) is 1. The fraction of sp³-hybridized carbons (Fsp3) is 0.455. The molecule has 1 aliphatic carbocycles. The summed E-state index contributed by atoms with van der Waals surface area (Å²) in [6.07, 6.45) is 2.60. The molecule has 1 aromatic carbocycles. The van der Waals surface area contributed by atoms with Crippen LogP contribution in [0.1, 0.15) is 30.0 Å². The van der Waals surface area contributed by atoms with Crippen LogP contribution in [0.15, 0.2) is 22.7 Å². The molecule has 0 unspecified atom stereocenters. The second-order valence-electron chi connectivity index (χ2n) is 3.86. The summed E-state index contributed by atoms with van der Waals surface area (Å²) in [5.74, 6) is 0.730. The van der Waals surface area contributed by atoms with Gasteiger partial charge in [-0.15, -0.1) is 12.4 Å². The predicted molar refractivity (Wildman–Crippen MR) is 65.8 cm³/mol. The van der Waals surface area contributed by atoms with E-state index in [9.17, 15) is 0 Å². The fourth-order valence-electron chi connectivity index (χ4n) is 1.68. The molecule has 1 saturated carbocycles. The van der Waals surface area contributed by atoms with Crippen LogP contribution in [0.3, 0.4) is 0 Å². The molecule has 0 aromatic heterocycles. The van der Waals surface area contributed by atoms with Crippen LogP contribution in [-0.4, -0.2) is 0 Å². The van der Waals surface area contributed by atoms with Crippen LogP contribution in [0.2, 0.25) is 0 Å². The van der Waals surface area contributed by atoms with Crippen molar-refractivity contribution in [1.82, 2.24) is 0 Å². The summed E-state index contributed by atoms with van der Waals surface area (Å²) in [5, 5.41) is 0. The number of hydrogen-bond acceptors (Lipinski definition) is 1. The van der Waals surface area contributed by atoms with E-state index in [1.165, 1.54) is 24.0 Å². The third kappa shape index (κ3) is 2.50. The molecule has 0 spiro atoms. The minimum atomic E-state index is 0. The van der Waals surface area contributed by atoms with E-state index < -0.39 is 0 Å². The van der Waals surface area contributed by atoms with Crippen molar-refractivity contribution in [1.29, 1.82) is 0 Å². The van der Waals surface area contributed by atoms with Gasteiger partial charge in [-0.05, 0) is 48.9 Å². The zero-order chi connectivity index (χ0) is 9.42. The maximum Gasteiger partial charge on any atom is 0.0326 e. The van der Waals surface area contributed by atoms with E-state index in [-0.39, 0.29) is 18.4 Å². The second kappa shape index (κ2) is 4.65. The monoisotopic (exact) mass is 275 g/mol. The van der Waals surface area contributed by atoms with E-state index in [2.05, 4.69) is 41.1 Å². The maximum absolute atomic E-state index is 6.15. The van der Waals surface area contributed by atoms with Crippen molar-refractivity contribution in [3.05, 3.63) is 33.8 Å². The van der Waals surface area contributed by atoms with Crippen LogP contribution in [-0.2, 0) is 0 Å². The molecule has 2 N–H and O–H groups in total. The summed E-state index contributed by atoms with van der Waals surface area (Å²) in [7, 11) is 0. The Labute approximate surface area is 99.6 Å². The van der Waals surface area contributed by atoms with Gasteiger partial charge >= 0.3 is 0 Å². The topological polar surface area (TPSA) is 26.0 Å². The van der Waals surface area contributed by atoms with Crippen LogP contribution < -0.4 is 5.73 Å². The average molecular weight is 277 g/mol. The molecule has 0 bridgehead atoms. The molecule has 1 atom stereocenters. The minimum Gasteiger partial charge on any atom is -0.324 e. The lowest BCUT2D eigenvalue weighted by molar-refractivity contribution is 0.629. The first-order valence-electron chi connectivity index (χ1n) is 4.70. The third-order valence-electron chi connectivity index (χ3n) is 2.73. The van der Waals surface area contributed by atoms with E-state index in [0.29, 0.717) is 0 Å². The van der Waals surface area contributed by atoms with Gasteiger partial charge in [-0.3, -0.25) is 0 Å². The lowest BCUT2D eigenvalue weighted by Crippen LogP contribution is -2.13. The molecular weight excluding hydrogens is 261 g/mol. The largest absolute Gasteiger partial charge is 0.324 e. The van der Waals surface area contributed by atoms with Gasteiger partial charge in [0, 0.05) is 10.5 Å². The highest BCUT2D eigenvalue weighted by Gasteiger charge is 2.30. The Morgan fingerprint density at radius 2 is 2.07 bits per heavy atom. The lowest BCUT2D eigenvalue weighted by Gasteiger charge is -2.13. The van der Waals surface area contributed by atoms with Crippen LogP contribution in [0, 0.1) is 12.8 Å². The normalized spacial score (nSPS) is 17.4. The smallest absolute Gasteiger partial charge is 0.0326 e. The van der Waals surface area contributed by atoms with Gasteiger partial charge in [0.1, 0.15) is 0 Å². The maximum atomic E-state index is 6.15. The van der Waals surface area contributed by atoms with E-state index in [0.717, 1.165) is 10.4 Å². The molecule has 0 aliphatic heterocycles. The number of benzene rings is 1. The Hall–Kier alpha value is -0.0500. The molecule has 0 amide bonds. The first-order chi connectivity index (χ1) is 6.18. The van der Waals surface area contributed by atoms with E-state index in [4.69, 9.17) is 5.73 Å². The zero-order valence-electron chi connectivity index (χ0n) is 8.16. The number of hydrogen-bond donors (Lipinski definition) is 1. The second-order valence-corrected chi connectivity index (χ2v) is 4.78. The first-order valence-corrected chi connectivity index (χ1v) is 5.49. The highest BCUT2D eigenvalue weighted by Crippen LogP contribution is 2.40. The summed E-state index contributed by atoms with van der Waals surface area (Å²) in [6.45, 7) is 2.13. The Kier molecular flexibility index (Phi) is 3.99.